The molecule has 0 aliphatic carbocycles. The highest BCUT2D eigenvalue weighted by Gasteiger charge is 2.14. The van der Waals surface area contributed by atoms with Gasteiger partial charge in [-0.05, 0) is 30.7 Å². The van der Waals surface area contributed by atoms with Gasteiger partial charge in [0.25, 0.3) is 6.43 Å². The molecule has 0 spiro atoms. The van der Waals surface area contributed by atoms with Crippen LogP contribution in [0.1, 0.15) is 17.7 Å². The van der Waals surface area contributed by atoms with Gasteiger partial charge in [-0.2, -0.15) is 0 Å². The van der Waals surface area contributed by atoms with Crippen molar-refractivity contribution >= 4 is 28.2 Å². The monoisotopic (exact) mass is 256 g/mol. The fourth-order valence-corrected chi connectivity index (χ4v) is 1.90. The molecule has 0 amide bonds. The first kappa shape index (κ1) is 12.0. The van der Waals surface area contributed by atoms with Gasteiger partial charge >= 0.3 is 0 Å². The van der Waals surface area contributed by atoms with Gasteiger partial charge in [-0.15, -0.1) is 0 Å². The van der Waals surface area contributed by atoms with E-state index in [1.165, 1.54) is 6.07 Å². The Kier molecular flexibility index (Phi) is 3.15. The number of hydrogen-bond acceptors (Lipinski definition) is 2. The number of nitrogens with zero attached hydrogens (tertiary/aromatic N) is 1. The molecule has 1 N–H and O–H groups in total. The van der Waals surface area contributed by atoms with Crippen LogP contribution in [0.15, 0.2) is 18.2 Å². The van der Waals surface area contributed by atoms with Crippen LogP contribution < -0.4 is 5.32 Å². The number of alkyl halides is 2. The van der Waals surface area contributed by atoms with E-state index in [1.54, 1.807) is 26.1 Å². The van der Waals surface area contributed by atoms with E-state index in [9.17, 15) is 8.78 Å². The number of benzene rings is 1. The van der Waals surface area contributed by atoms with Crippen LogP contribution in [-0.4, -0.2) is 12.0 Å². The average Bonchev–Trinajstić information content (AvgIpc) is 2.32. The summed E-state index contributed by atoms with van der Waals surface area (Å²) in [5.74, 6) is 0. The van der Waals surface area contributed by atoms with E-state index in [2.05, 4.69) is 10.3 Å². The number of aryl methyl sites for hydroxylation is 1. The zero-order chi connectivity index (χ0) is 12.6. The number of pyridine rings is 1. The second kappa shape index (κ2) is 4.45. The molecule has 0 unspecified atom stereocenters. The molecular formula is C12H11ClF2N2. The van der Waals surface area contributed by atoms with Crippen molar-refractivity contribution in [2.24, 2.45) is 0 Å². The number of hydrogen-bond donors (Lipinski definition) is 1. The number of aromatic nitrogens is 1. The molecule has 1 heterocycles. The molecule has 0 saturated heterocycles. The molecule has 0 radical (unpaired) electrons. The third-order valence-corrected chi connectivity index (χ3v) is 3.09. The minimum atomic E-state index is -2.59. The van der Waals surface area contributed by atoms with Crippen molar-refractivity contribution in [1.29, 1.82) is 0 Å². The lowest BCUT2D eigenvalue weighted by Gasteiger charge is -2.11. The minimum absolute atomic E-state index is 0.243. The Balaban J connectivity index is 2.83. The Morgan fingerprint density at radius 1 is 1.35 bits per heavy atom. The molecule has 0 aliphatic heterocycles. The first-order chi connectivity index (χ1) is 8.04. The number of rotatable bonds is 2. The van der Waals surface area contributed by atoms with Gasteiger partial charge in [-0.3, -0.25) is 0 Å². The smallest absolute Gasteiger partial charge is 0.280 e. The lowest BCUT2D eigenvalue weighted by Crippen LogP contribution is -1.98. The van der Waals surface area contributed by atoms with Gasteiger partial charge in [0, 0.05) is 23.1 Å². The van der Waals surface area contributed by atoms with Crippen LogP contribution in [-0.2, 0) is 0 Å². The van der Waals surface area contributed by atoms with E-state index >= 15 is 0 Å². The number of halogens is 3. The zero-order valence-electron chi connectivity index (χ0n) is 9.39. The van der Waals surface area contributed by atoms with Crippen molar-refractivity contribution in [3.8, 4) is 0 Å². The van der Waals surface area contributed by atoms with Crippen molar-refractivity contribution in [2.75, 3.05) is 12.4 Å². The van der Waals surface area contributed by atoms with Crippen LogP contribution in [0.5, 0.6) is 0 Å². The maximum absolute atomic E-state index is 12.7. The van der Waals surface area contributed by atoms with Gasteiger partial charge in [-0.1, -0.05) is 11.6 Å². The van der Waals surface area contributed by atoms with Gasteiger partial charge in [0.15, 0.2) is 0 Å². The highest BCUT2D eigenvalue weighted by atomic mass is 35.5. The van der Waals surface area contributed by atoms with Crippen molar-refractivity contribution in [3.63, 3.8) is 0 Å². The lowest BCUT2D eigenvalue weighted by molar-refractivity contribution is 0.146. The summed E-state index contributed by atoms with van der Waals surface area (Å²) < 4.78 is 25.4. The number of nitrogens with one attached hydrogen (secondary N) is 1. The molecule has 2 nitrogen and oxygen atoms in total. The van der Waals surface area contributed by atoms with E-state index in [4.69, 9.17) is 11.6 Å². The van der Waals surface area contributed by atoms with E-state index in [0.717, 1.165) is 5.39 Å². The third-order valence-electron chi connectivity index (χ3n) is 2.68. The summed E-state index contributed by atoms with van der Waals surface area (Å²) in [5, 5.41) is 4.21. The maximum Gasteiger partial charge on any atom is 0.280 e. The first-order valence-electron chi connectivity index (χ1n) is 5.10. The predicted molar refractivity (Wildman–Crippen MR) is 66.0 cm³/mol. The summed E-state index contributed by atoms with van der Waals surface area (Å²) in [4.78, 5) is 3.97. The van der Waals surface area contributed by atoms with Crippen LogP contribution in [0.3, 0.4) is 0 Å². The second-order valence-corrected chi connectivity index (χ2v) is 4.12. The van der Waals surface area contributed by atoms with E-state index < -0.39 is 6.43 Å². The Hall–Kier alpha value is -1.42. The lowest BCUT2D eigenvalue weighted by atomic mass is 10.1. The number of fused-ring (bicyclic) bond motifs is 1. The van der Waals surface area contributed by atoms with Crippen LogP contribution in [0.2, 0.25) is 5.02 Å². The molecule has 5 heteroatoms. The van der Waals surface area contributed by atoms with Gasteiger partial charge in [-0.25, -0.2) is 13.8 Å². The number of anilines is 1. The molecule has 2 aromatic rings. The van der Waals surface area contributed by atoms with Crippen LogP contribution in [0.4, 0.5) is 14.5 Å². The van der Waals surface area contributed by atoms with Gasteiger partial charge in [0.1, 0.15) is 5.69 Å². The maximum atomic E-state index is 12.7. The normalized spacial score (nSPS) is 11.2. The minimum Gasteiger partial charge on any atom is -0.388 e. The zero-order valence-corrected chi connectivity index (χ0v) is 10.1. The van der Waals surface area contributed by atoms with Crippen LogP contribution >= 0.6 is 11.6 Å². The molecule has 17 heavy (non-hydrogen) atoms. The fraction of sp³-hybridized carbons (Fsp3) is 0.250. The van der Waals surface area contributed by atoms with Gasteiger partial charge in [0.05, 0.1) is 5.52 Å². The molecule has 1 aromatic carbocycles. The Morgan fingerprint density at radius 2 is 2.06 bits per heavy atom. The summed E-state index contributed by atoms with van der Waals surface area (Å²) in [6.07, 6.45) is -2.59. The average molecular weight is 257 g/mol. The molecular weight excluding hydrogens is 246 g/mol. The highest BCUT2D eigenvalue weighted by molar-refractivity contribution is 6.32. The Labute approximate surface area is 103 Å². The molecule has 0 bridgehead atoms. The molecule has 1 aromatic heterocycles. The largest absolute Gasteiger partial charge is 0.388 e. The molecule has 0 atom stereocenters. The summed E-state index contributed by atoms with van der Waals surface area (Å²) in [5.41, 5.74) is 1.61. The third kappa shape index (κ3) is 2.05. The van der Waals surface area contributed by atoms with Crippen molar-refractivity contribution < 1.29 is 8.78 Å². The molecule has 0 aliphatic rings. The van der Waals surface area contributed by atoms with Gasteiger partial charge in [0.2, 0.25) is 0 Å². The van der Waals surface area contributed by atoms with E-state index in [1.807, 2.05) is 0 Å². The van der Waals surface area contributed by atoms with Crippen molar-refractivity contribution in [1.82, 2.24) is 4.98 Å². The predicted octanol–water partition coefficient (Wildman–Crippen LogP) is 4.18. The SMILES string of the molecule is CNc1cc(C(F)F)nc2c(C)c(Cl)ccc12. The van der Waals surface area contributed by atoms with E-state index in [0.29, 0.717) is 21.8 Å². The molecule has 0 saturated carbocycles. The van der Waals surface area contributed by atoms with Crippen LogP contribution in [0, 0.1) is 6.92 Å². The van der Waals surface area contributed by atoms with Crippen molar-refractivity contribution in [2.45, 2.75) is 13.3 Å². The first-order valence-corrected chi connectivity index (χ1v) is 5.48. The summed E-state index contributed by atoms with van der Waals surface area (Å²) in [6, 6.07) is 4.88. The molecule has 2 rings (SSSR count). The molecule has 90 valence electrons. The summed E-state index contributed by atoms with van der Waals surface area (Å²) in [6.45, 7) is 1.77. The molecule has 0 fully saturated rings. The van der Waals surface area contributed by atoms with Gasteiger partial charge < -0.3 is 5.32 Å². The fourth-order valence-electron chi connectivity index (χ4n) is 1.74. The topological polar surface area (TPSA) is 24.9 Å². The van der Waals surface area contributed by atoms with E-state index in [-0.39, 0.29) is 5.69 Å². The summed E-state index contributed by atoms with van der Waals surface area (Å²) in [7, 11) is 1.69. The quantitative estimate of drug-likeness (QED) is 0.872. The second-order valence-electron chi connectivity index (χ2n) is 3.71. The van der Waals surface area contributed by atoms with Crippen molar-refractivity contribution in [3.05, 3.63) is 34.5 Å². The summed E-state index contributed by atoms with van der Waals surface area (Å²) >= 11 is 5.97. The Morgan fingerprint density at radius 3 is 2.65 bits per heavy atom. The standard InChI is InChI=1S/C12H11ClF2N2/c1-6-8(13)4-3-7-9(16-2)5-10(12(14)15)17-11(6)7/h3-5,12H,1-2H3,(H,16,17). The Bertz CT molecular complexity index is 570. The highest BCUT2D eigenvalue weighted by Crippen LogP contribution is 2.31. The van der Waals surface area contributed by atoms with Crippen LogP contribution in [0.25, 0.3) is 10.9 Å².